The highest BCUT2D eigenvalue weighted by Gasteiger charge is 2.45. The first-order valence-corrected chi connectivity index (χ1v) is 7.56. The molecule has 1 atom stereocenters. The quantitative estimate of drug-likeness (QED) is 0.636. The molecule has 0 aliphatic carbocycles. The van der Waals surface area contributed by atoms with Crippen molar-refractivity contribution in [3.8, 4) is 0 Å². The largest absolute Gasteiger partial charge is 0.295 e. The van der Waals surface area contributed by atoms with Crippen molar-refractivity contribution in [3.63, 3.8) is 0 Å². The number of carbonyl (C=O) groups is 4. The maximum atomic E-state index is 12.5. The Kier molecular flexibility index (Phi) is 3.36. The van der Waals surface area contributed by atoms with Crippen molar-refractivity contribution in [2.45, 2.75) is 24.2 Å². The Morgan fingerprint density at radius 2 is 1.95 bits per heavy atom. The predicted molar refractivity (Wildman–Crippen MR) is 75.7 cm³/mol. The summed E-state index contributed by atoms with van der Waals surface area (Å²) in [6, 6.07) is 4.12. The number of hydrogen-bond acceptors (Lipinski definition) is 4. The van der Waals surface area contributed by atoms with Gasteiger partial charge in [0.15, 0.2) is 0 Å². The Morgan fingerprint density at radius 1 is 1.19 bits per heavy atom. The zero-order valence-electron chi connectivity index (χ0n) is 10.9. The van der Waals surface area contributed by atoms with Gasteiger partial charge in [-0.05, 0) is 18.1 Å². The van der Waals surface area contributed by atoms with Crippen LogP contribution in [0.25, 0.3) is 0 Å². The number of alkyl halides is 1. The van der Waals surface area contributed by atoms with Crippen LogP contribution in [0.4, 0.5) is 0 Å². The number of imide groups is 2. The molecule has 1 unspecified atom stereocenters. The van der Waals surface area contributed by atoms with Crippen molar-refractivity contribution in [2.75, 3.05) is 0 Å². The Balaban J connectivity index is 2.00. The topological polar surface area (TPSA) is 83.6 Å². The minimum Gasteiger partial charge on any atom is -0.295 e. The average molecular weight is 351 g/mol. The maximum absolute atomic E-state index is 12.5. The van der Waals surface area contributed by atoms with E-state index in [1.165, 1.54) is 0 Å². The third-order valence-electron chi connectivity index (χ3n) is 3.70. The molecule has 1 aromatic carbocycles. The third kappa shape index (κ3) is 2.08. The molecule has 0 bridgehead atoms. The monoisotopic (exact) mass is 350 g/mol. The zero-order chi connectivity index (χ0) is 15.1. The van der Waals surface area contributed by atoms with E-state index in [-0.39, 0.29) is 18.7 Å². The first kappa shape index (κ1) is 13.9. The van der Waals surface area contributed by atoms with E-state index < -0.39 is 23.8 Å². The smallest absolute Gasteiger partial charge is 0.262 e. The number of nitrogens with zero attached hydrogens (tertiary/aromatic N) is 1. The van der Waals surface area contributed by atoms with Crippen molar-refractivity contribution in [2.24, 2.45) is 0 Å². The van der Waals surface area contributed by atoms with E-state index in [0.29, 0.717) is 22.0 Å². The molecule has 0 saturated carbocycles. The molecule has 1 saturated heterocycles. The Bertz CT molecular complexity index is 686. The predicted octanol–water partition coefficient (Wildman–Crippen LogP) is 0.983. The SMILES string of the molecule is O=C1CCC(N2C(=O)c3cccc(CBr)c3C2=O)C(=O)N1. The van der Waals surface area contributed by atoms with E-state index >= 15 is 0 Å². The van der Waals surface area contributed by atoms with Crippen LogP contribution >= 0.6 is 15.9 Å². The van der Waals surface area contributed by atoms with Crippen LogP contribution in [0, 0.1) is 0 Å². The minimum absolute atomic E-state index is 0.120. The zero-order valence-corrected chi connectivity index (χ0v) is 12.5. The molecule has 4 amide bonds. The third-order valence-corrected chi connectivity index (χ3v) is 4.30. The Morgan fingerprint density at radius 3 is 2.62 bits per heavy atom. The summed E-state index contributed by atoms with van der Waals surface area (Å²) in [5, 5.41) is 2.61. The molecule has 6 nitrogen and oxygen atoms in total. The van der Waals surface area contributed by atoms with Gasteiger partial charge in [0.1, 0.15) is 6.04 Å². The normalized spacial score (nSPS) is 21.6. The van der Waals surface area contributed by atoms with Gasteiger partial charge in [0, 0.05) is 11.8 Å². The van der Waals surface area contributed by atoms with Crippen LogP contribution in [-0.4, -0.2) is 34.6 Å². The van der Waals surface area contributed by atoms with Crippen LogP contribution in [0.1, 0.15) is 39.1 Å². The summed E-state index contributed by atoms with van der Waals surface area (Å²) in [6.07, 6.45) is 0.287. The maximum Gasteiger partial charge on any atom is 0.262 e. The number of rotatable bonds is 2. The van der Waals surface area contributed by atoms with Crippen LogP contribution in [0.15, 0.2) is 18.2 Å². The molecule has 0 spiro atoms. The van der Waals surface area contributed by atoms with Crippen molar-refractivity contribution in [1.82, 2.24) is 10.2 Å². The van der Waals surface area contributed by atoms with Crippen molar-refractivity contribution in [3.05, 3.63) is 34.9 Å². The minimum atomic E-state index is -0.918. The number of nitrogens with one attached hydrogen (secondary N) is 1. The van der Waals surface area contributed by atoms with E-state index in [2.05, 4.69) is 21.2 Å². The van der Waals surface area contributed by atoms with E-state index in [1.54, 1.807) is 18.2 Å². The van der Waals surface area contributed by atoms with Gasteiger partial charge in [-0.1, -0.05) is 28.1 Å². The second-order valence-corrected chi connectivity index (χ2v) is 5.48. The van der Waals surface area contributed by atoms with E-state index in [1.807, 2.05) is 0 Å². The summed E-state index contributed by atoms with van der Waals surface area (Å²) in [7, 11) is 0. The van der Waals surface area contributed by atoms with E-state index in [4.69, 9.17) is 0 Å². The first-order chi connectivity index (χ1) is 10.0. The second-order valence-electron chi connectivity index (χ2n) is 4.92. The van der Waals surface area contributed by atoms with Crippen LogP contribution in [0.2, 0.25) is 0 Å². The summed E-state index contributed by atoms with van der Waals surface area (Å²) in [5.74, 6) is -1.93. The van der Waals surface area contributed by atoms with Gasteiger partial charge in [-0.2, -0.15) is 0 Å². The molecule has 2 aliphatic heterocycles. The summed E-state index contributed by atoms with van der Waals surface area (Å²) in [5.41, 5.74) is 1.35. The number of piperidine rings is 1. The molecule has 2 heterocycles. The van der Waals surface area contributed by atoms with Crippen LogP contribution in [0.5, 0.6) is 0 Å². The molecule has 2 aliphatic rings. The fourth-order valence-electron chi connectivity index (χ4n) is 2.70. The number of hydrogen-bond donors (Lipinski definition) is 1. The average Bonchev–Trinajstić information content (AvgIpc) is 2.72. The molecule has 108 valence electrons. The molecule has 1 N–H and O–H groups in total. The lowest BCUT2D eigenvalue weighted by molar-refractivity contribution is -0.136. The molecule has 1 fully saturated rings. The molecule has 1 aromatic rings. The van der Waals surface area contributed by atoms with Crippen LogP contribution in [-0.2, 0) is 14.9 Å². The first-order valence-electron chi connectivity index (χ1n) is 6.44. The van der Waals surface area contributed by atoms with Gasteiger partial charge in [-0.3, -0.25) is 29.4 Å². The molecule has 0 radical (unpaired) electrons. The van der Waals surface area contributed by atoms with Crippen molar-refractivity contribution in [1.29, 1.82) is 0 Å². The summed E-state index contributed by atoms with van der Waals surface area (Å²) in [4.78, 5) is 49.0. The summed E-state index contributed by atoms with van der Waals surface area (Å²) in [6.45, 7) is 0. The fraction of sp³-hybridized carbons (Fsp3) is 0.286. The van der Waals surface area contributed by atoms with Crippen LogP contribution in [0.3, 0.4) is 0 Å². The standard InChI is InChI=1S/C14H11BrN2O4/c15-6-7-2-1-3-8-11(7)14(21)17(13(8)20)9-4-5-10(18)16-12(9)19/h1-3,9H,4-6H2,(H,16,18,19). The van der Waals surface area contributed by atoms with E-state index in [0.717, 1.165) is 4.90 Å². The fourth-order valence-corrected chi connectivity index (χ4v) is 3.16. The lowest BCUT2D eigenvalue weighted by Crippen LogP contribution is -2.54. The van der Waals surface area contributed by atoms with E-state index in [9.17, 15) is 19.2 Å². The van der Waals surface area contributed by atoms with Gasteiger partial charge in [0.25, 0.3) is 11.8 Å². The molecule has 3 rings (SSSR count). The number of benzene rings is 1. The second kappa shape index (κ2) is 5.07. The highest BCUT2D eigenvalue weighted by molar-refractivity contribution is 9.08. The van der Waals surface area contributed by atoms with Gasteiger partial charge >= 0.3 is 0 Å². The molecule has 0 aromatic heterocycles. The van der Waals surface area contributed by atoms with Gasteiger partial charge in [-0.15, -0.1) is 0 Å². The number of halogens is 1. The molecule has 21 heavy (non-hydrogen) atoms. The summed E-state index contributed by atoms with van der Waals surface area (Å²) < 4.78 is 0. The van der Waals surface area contributed by atoms with Gasteiger partial charge in [0.2, 0.25) is 11.8 Å². The highest BCUT2D eigenvalue weighted by atomic mass is 79.9. The lowest BCUT2D eigenvalue weighted by Gasteiger charge is -2.27. The van der Waals surface area contributed by atoms with Crippen LogP contribution < -0.4 is 5.32 Å². The van der Waals surface area contributed by atoms with Gasteiger partial charge < -0.3 is 0 Å². The number of amides is 4. The number of fused-ring (bicyclic) bond motifs is 1. The molecular formula is C14H11BrN2O4. The number of carbonyl (C=O) groups excluding carboxylic acids is 4. The Hall–Kier alpha value is -2.02. The van der Waals surface area contributed by atoms with Crippen molar-refractivity contribution < 1.29 is 19.2 Å². The molecular weight excluding hydrogens is 340 g/mol. The lowest BCUT2D eigenvalue weighted by atomic mass is 10.0. The summed E-state index contributed by atoms with van der Waals surface area (Å²) >= 11 is 3.29. The molecule has 7 heteroatoms. The van der Waals surface area contributed by atoms with Crippen molar-refractivity contribution >= 4 is 39.6 Å². The highest BCUT2D eigenvalue weighted by Crippen LogP contribution is 2.30. The van der Waals surface area contributed by atoms with Gasteiger partial charge in [0.05, 0.1) is 11.1 Å². The van der Waals surface area contributed by atoms with Gasteiger partial charge in [-0.25, -0.2) is 0 Å². The Labute approximate surface area is 128 Å².